The summed E-state index contributed by atoms with van der Waals surface area (Å²) in [6.45, 7) is 1.96. The lowest BCUT2D eigenvalue weighted by molar-refractivity contribution is 0.236. The van der Waals surface area contributed by atoms with Crippen molar-refractivity contribution in [2.24, 2.45) is 0 Å². The Morgan fingerprint density at radius 3 is 2.93 bits per heavy atom. The standard InChI is InChI=1S/C12H12NO/c1-9(14-2)10-5-6-12-11(8-10)4-3-7-13-12/h3-8H,1-2H3/q-1. The van der Waals surface area contributed by atoms with E-state index >= 15 is 0 Å². The van der Waals surface area contributed by atoms with E-state index in [-0.39, 0.29) is 0 Å². The number of fused-ring (bicyclic) bond motifs is 1. The summed E-state index contributed by atoms with van der Waals surface area (Å²) in [7, 11) is 1.68. The maximum absolute atomic E-state index is 5.18. The van der Waals surface area contributed by atoms with E-state index in [9.17, 15) is 0 Å². The topological polar surface area (TPSA) is 22.1 Å². The number of hydrogen-bond acceptors (Lipinski definition) is 2. The van der Waals surface area contributed by atoms with Crippen LogP contribution in [0, 0.1) is 6.10 Å². The smallest absolute Gasteiger partial charge is 0.0459 e. The first-order valence-corrected chi connectivity index (χ1v) is 4.54. The minimum Gasteiger partial charge on any atom is -0.414 e. The molecular weight excluding hydrogens is 174 g/mol. The van der Waals surface area contributed by atoms with Crippen LogP contribution in [0.4, 0.5) is 0 Å². The number of aromatic nitrogens is 1. The van der Waals surface area contributed by atoms with Gasteiger partial charge < -0.3 is 4.74 Å². The average molecular weight is 186 g/mol. The first-order chi connectivity index (χ1) is 6.81. The van der Waals surface area contributed by atoms with Gasteiger partial charge in [0, 0.05) is 18.8 Å². The molecule has 0 unspecified atom stereocenters. The van der Waals surface area contributed by atoms with E-state index in [2.05, 4.69) is 17.1 Å². The summed E-state index contributed by atoms with van der Waals surface area (Å²) in [5, 5.41) is 1.14. The summed E-state index contributed by atoms with van der Waals surface area (Å²) in [5.74, 6) is 0. The lowest BCUT2D eigenvalue weighted by atomic mass is 10.1. The van der Waals surface area contributed by atoms with Gasteiger partial charge >= 0.3 is 0 Å². The molecule has 1 aromatic carbocycles. The zero-order valence-electron chi connectivity index (χ0n) is 8.32. The van der Waals surface area contributed by atoms with E-state index in [0.717, 1.165) is 22.6 Å². The quantitative estimate of drug-likeness (QED) is 0.673. The van der Waals surface area contributed by atoms with Crippen LogP contribution in [0.1, 0.15) is 12.5 Å². The number of pyridine rings is 1. The molecule has 0 N–H and O–H groups in total. The molecule has 2 nitrogen and oxygen atoms in total. The largest absolute Gasteiger partial charge is 0.414 e. The Kier molecular flexibility index (Phi) is 2.37. The molecule has 0 aliphatic heterocycles. The van der Waals surface area contributed by atoms with Crippen molar-refractivity contribution in [2.75, 3.05) is 7.11 Å². The first-order valence-electron chi connectivity index (χ1n) is 4.54. The van der Waals surface area contributed by atoms with Gasteiger partial charge in [-0.05, 0) is 6.07 Å². The van der Waals surface area contributed by atoms with Crippen molar-refractivity contribution in [3.8, 4) is 0 Å². The zero-order chi connectivity index (χ0) is 9.97. The minimum absolute atomic E-state index is 0.927. The average Bonchev–Trinajstić information content (AvgIpc) is 2.27. The third-order valence-corrected chi connectivity index (χ3v) is 2.32. The Hall–Kier alpha value is -1.54. The van der Waals surface area contributed by atoms with Crippen LogP contribution in [0.3, 0.4) is 0 Å². The molecule has 0 aliphatic carbocycles. The molecule has 2 heteroatoms. The molecule has 1 aromatic heterocycles. The normalized spacial score (nSPS) is 10.4. The molecule has 0 atom stereocenters. The van der Waals surface area contributed by atoms with Gasteiger partial charge in [0.25, 0.3) is 0 Å². The van der Waals surface area contributed by atoms with E-state index in [1.54, 1.807) is 13.3 Å². The third kappa shape index (κ3) is 1.56. The lowest BCUT2D eigenvalue weighted by Crippen LogP contribution is -1.96. The molecule has 72 valence electrons. The Morgan fingerprint density at radius 2 is 2.14 bits per heavy atom. The van der Waals surface area contributed by atoms with E-state index in [0.29, 0.717) is 0 Å². The van der Waals surface area contributed by atoms with Gasteiger partial charge in [0.15, 0.2) is 0 Å². The fraction of sp³-hybridized carbons (Fsp3) is 0.167. The summed E-state index contributed by atoms with van der Waals surface area (Å²) in [4.78, 5) is 4.26. The molecule has 0 saturated carbocycles. The highest BCUT2D eigenvalue weighted by Crippen LogP contribution is 2.19. The molecule has 1 heterocycles. The van der Waals surface area contributed by atoms with Crippen molar-refractivity contribution in [2.45, 2.75) is 6.92 Å². The van der Waals surface area contributed by atoms with Crippen LogP contribution < -0.4 is 0 Å². The van der Waals surface area contributed by atoms with Gasteiger partial charge in [-0.2, -0.15) is 17.7 Å². The van der Waals surface area contributed by atoms with Gasteiger partial charge in [0.2, 0.25) is 0 Å². The molecular formula is C12H12NO-. The summed E-state index contributed by atoms with van der Waals surface area (Å²) < 4.78 is 5.18. The second-order valence-electron chi connectivity index (χ2n) is 3.17. The van der Waals surface area contributed by atoms with Gasteiger partial charge in [-0.25, -0.2) is 0 Å². The number of hydrogen-bond donors (Lipinski definition) is 0. The molecule has 0 bridgehead atoms. The Balaban J connectivity index is 2.51. The molecule has 0 radical (unpaired) electrons. The van der Waals surface area contributed by atoms with Crippen molar-refractivity contribution in [3.63, 3.8) is 0 Å². The van der Waals surface area contributed by atoms with E-state index < -0.39 is 0 Å². The molecule has 14 heavy (non-hydrogen) atoms. The van der Waals surface area contributed by atoms with Gasteiger partial charge in [0.05, 0.1) is 0 Å². The SMILES string of the molecule is CO[C-](C)c1ccc2ncccc2c1. The van der Waals surface area contributed by atoms with Crippen LogP contribution in [-0.2, 0) is 4.74 Å². The number of ether oxygens (including phenoxy) is 1. The van der Waals surface area contributed by atoms with E-state index in [1.165, 1.54) is 0 Å². The molecule has 2 rings (SSSR count). The van der Waals surface area contributed by atoms with Gasteiger partial charge in [0.1, 0.15) is 0 Å². The number of nitrogens with zero attached hydrogens (tertiary/aromatic N) is 1. The second kappa shape index (κ2) is 3.68. The van der Waals surface area contributed by atoms with Crippen LogP contribution in [0.15, 0.2) is 36.5 Å². The summed E-state index contributed by atoms with van der Waals surface area (Å²) in [6.07, 6.45) is 2.73. The van der Waals surface area contributed by atoms with Crippen LogP contribution in [-0.4, -0.2) is 12.1 Å². The van der Waals surface area contributed by atoms with Gasteiger partial charge in [-0.1, -0.05) is 30.5 Å². The van der Waals surface area contributed by atoms with Crippen LogP contribution in [0.5, 0.6) is 0 Å². The maximum Gasteiger partial charge on any atom is 0.0459 e. The molecule has 0 aliphatic rings. The highest BCUT2D eigenvalue weighted by Gasteiger charge is 1.95. The van der Waals surface area contributed by atoms with Crippen molar-refractivity contribution < 1.29 is 4.74 Å². The molecule has 0 saturated heterocycles. The van der Waals surface area contributed by atoms with E-state index in [4.69, 9.17) is 4.74 Å². The van der Waals surface area contributed by atoms with Crippen LogP contribution in [0.2, 0.25) is 0 Å². The number of benzene rings is 1. The van der Waals surface area contributed by atoms with Gasteiger partial charge in [-0.3, -0.25) is 4.98 Å². The summed E-state index contributed by atoms with van der Waals surface area (Å²) in [5.41, 5.74) is 2.12. The third-order valence-electron chi connectivity index (χ3n) is 2.32. The first kappa shape index (κ1) is 9.03. The number of rotatable bonds is 2. The van der Waals surface area contributed by atoms with Gasteiger partial charge in [-0.15, -0.1) is 0 Å². The Morgan fingerprint density at radius 1 is 1.29 bits per heavy atom. The second-order valence-corrected chi connectivity index (χ2v) is 3.17. The maximum atomic E-state index is 5.18. The Bertz CT molecular complexity index is 439. The van der Waals surface area contributed by atoms with Crippen LogP contribution >= 0.6 is 0 Å². The molecule has 0 fully saturated rings. The monoisotopic (exact) mass is 186 g/mol. The molecule has 0 amide bonds. The minimum atomic E-state index is 0.927. The van der Waals surface area contributed by atoms with E-state index in [1.807, 2.05) is 25.1 Å². The molecule has 0 spiro atoms. The van der Waals surface area contributed by atoms with Crippen molar-refractivity contribution >= 4 is 10.9 Å². The van der Waals surface area contributed by atoms with Crippen LogP contribution in [0.25, 0.3) is 10.9 Å². The highest BCUT2D eigenvalue weighted by atomic mass is 16.5. The fourth-order valence-electron chi connectivity index (χ4n) is 1.41. The highest BCUT2D eigenvalue weighted by molar-refractivity contribution is 5.79. The summed E-state index contributed by atoms with van der Waals surface area (Å²) in [6, 6.07) is 10.1. The predicted octanol–water partition coefficient (Wildman–Crippen LogP) is 2.78. The van der Waals surface area contributed by atoms with Crippen molar-refractivity contribution in [1.29, 1.82) is 0 Å². The zero-order valence-corrected chi connectivity index (χ0v) is 8.32. The number of methoxy groups -OCH3 is 1. The lowest BCUT2D eigenvalue weighted by Gasteiger charge is -2.19. The fourth-order valence-corrected chi connectivity index (χ4v) is 1.41. The summed E-state index contributed by atoms with van der Waals surface area (Å²) >= 11 is 0. The Labute approximate surface area is 83.5 Å². The predicted molar refractivity (Wildman–Crippen MR) is 56.8 cm³/mol. The van der Waals surface area contributed by atoms with Crippen molar-refractivity contribution in [3.05, 3.63) is 48.2 Å². The molecule has 2 aromatic rings. The van der Waals surface area contributed by atoms with Crippen molar-refractivity contribution in [1.82, 2.24) is 4.98 Å².